The van der Waals surface area contributed by atoms with E-state index >= 15 is 0 Å². The summed E-state index contributed by atoms with van der Waals surface area (Å²) in [6.07, 6.45) is 0. The van der Waals surface area contributed by atoms with Crippen LogP contribution >= 0.6 is 0 Å². The van der Waals surface area contributed by atoms with Crippen LogP contribution in [0.1, 0.15) is 56.2 Å². The van der Waals surface area contributed by atoms with Gasteiger partial charge in [-0.3, -0.25) is 9.59 Å². The van der Waals surface area contributed by atoms with Crippen LogP contribution in [0.3, 0.4) is 0 Å². The van der Waals surface area contributed by atoms with Crippen LogP contribution in [0.4, 0.5) is 0 Å². The highest BCUT2D eigenvalue weighted by molar-refractivity contribution is 5.98. The molecule has 2 N–H and O–H groups in total. The van der Waals surface area contributed by atoms with Crippen LogP contribution in [0.2, 0.25) is 0 Å². The van der Waals surface area contributed by atoms with Gasteiger partial charge in [-0.1, -0.05) is 42.5 Å². The molecule has 2 aromatic carbocycles. The van der Waals surface area contributed by atoms with Crippen molar-refractivity contribution in [1.29, 1.82) is 0 Å². The van der Waals surface area contributed by atoms with Crippen LogP contribution < -0.4 is 10.2 Å². The van der Waals surface area contributed by atoms with Gasteiger partial charge >= 0.3 is 0 Å². The number of carbonyl (C=O) groups excluding carboxylic acids is 2. The van der Waals surface area contributed by atoms with E-state index < -0.39 is 0 Å². The SMILES string of the molecule is CNC(=O)c1ccc(C[NH+](C)CC(=O)c2cc(C)n([C@@H](C)c3ccccc3)c2C)cc1. The average molecular weight is 419 g/mol. The van der Waals surface area contributed by atoms with E-state index in [1.807, 2.05) is 62.5 Å². The molecule has 0 spiro atoms. The summed E-state index contributed by atoms with van der Waals surface area (Å²) < 4.78 is 2.25. The summed E-state index contributed by atoms with van der Waals surface area (Å²) in [5, 5.41) is 2.62. The van der Waals surface area contributed by atoms with Gasteiger partial charge in [-0.05, 0) is 44.5 Å². The highest BCUT2D eigenvalue weighted by atomic mass is 16.1. The Bertz CT molecular complexity index is 1050. The third kappa shape index (κ3) is 5.12. The topological polar surface area (TPSA) is 55.5 Å². The Morgan fingerprint density at radius 2 is 1.68 bits per heavy atom. The number of quaternary nitrogens is 1. The van der Waals surface area contributed by atoms with E-state index in [0.29, 0.717) is 12.1 Å². The first-order chi connectivity index (χ1) is 14.8. The molecule has 0 bridgehead atoms. The maximum atomic E-state index is 13.1. The summed E-state index contributed by atoms with van der Waals surface area (Å²) in [7, 11) is 3.65. The molecular formula is C26H32N3O2+. The lowest BCUT2D eigenvalue weighted by Gasteiger charge is -2.19. The van der Waals surface area contributed by atoms with Gasteiger partial charge in [-0.2, -0.15) is 0 Å². The van der Waals surface area contributed by atoms with Gasteiger partial charge in [0.2, 0.25) is 5.78 Å². The van der Waals surface area contributed by atoms with Crippen molar-refractivity contribution >= 4 is 11.7 Å². The fourth-order valence-corrected chi connectivity index (χ4v) is 4.23. The zero-order valence-electron chi connectivity index (χ0n) is 19.0. The number of Topliss-reactive ketones (excluding diaryl/α,β-unsaturated/α-hetero) is 1. The van der Waals surface area contributed by atoms with Gasteiger partial charge in [0.05, 0.1) is 13.1 Å². The van der Waals surface area contributed by atoms with E-state index in [0.717, 1.165) is 34.0 Å². The first-order valence-electron chi connectivity index (χ1n) is 10.7. The molecule has 0 saturated carbocycles. The molecule has 31 heavy (non-hydrogen) atoms. The van der Waals surface area contributed by atoms with Gasteiger partial charge in [0, 0.05) is 35.1 Å². The minimum atomic E-state index is -0.0949. The molecule has 1 aromatic heterocycles. The van der Waals surface area contributed by atoms with Gasteiger partial charge in [0.15, 0.2) is 0 Å². The predicted molar refractivity (Wildman–Crippen MR) is 124 cm³/mol. The van der Waals surface area contributed by atoms with Gasteiger partial charge in [-0.25, -0.2) is 0 Å². The molecule has 0 fully saturated rings. The first-order valence-corrected chi connectivity index (χ1v) is 10.7. The largest absolute Gasteiger partial charge is 0.355 e. The Hall–Kier alpha value is -3.18. The number of hydrogen-bond donors (Lipinski definition) is 2. The molecule has 0 radical (unpaired) electrons. The Morgan fingerprint density at radius 3 is 2.29 bits per heavy atom. The van der Waals surface area contributed by atoms with Crippen molar-refractivity contribution in [3.63, 3.8) is 0 Å². The highest BCUT2D eigenvalue weighted by Crippen LogP contribution is 2.25. The molecule has 1 unspecified atom stereocenters. The smallest absolute Gasteiger partial charge is 0.251 e. The van der Waals surface area contributed by atoms with E-state index in [4.69, 9.17) is 0 Å². The second-order valence-corrected chi connectivity index (χ2v) is 8.25. The van der Waals surface area contributed by atoms with Crippen molar-refractivity contribution in [2.24, 2.45) is 0 Å². The number of aryl methyl sites for hydroxylation is 1. The minimum absolute atomic E-state index is 0.0949. The van der Waals surface area contributed by atoms with Gasteiger partial charge in [-0.15, -0.1) is 0 Å². The minimum Gasteiger partial charge on any atom is -0.355 e. The number of carbonyl (C=O) groups is 2. The third-order valence-corrected chi connectivity index (χ3v) is 5.87. The van der Waals surface area contributed by atoms with Crippen molar-refractivity contribution in [2.75, 3.05) is 20.6 Å². The Morgan fingerprint density at radius 1 is 1.03 bits per heavy atom. The lowest BCUT2D eigenvalue weighted by molar-refractivity contribution is -0.884. The van der Waals surface area contributed by atoms with Crippen molar-refractivity contribution < 1.29 is 14.5 Å². The zero-order valence-corrected chi connectivity index (χ0v) is 19.0. The number of amides is 1. The zero-order chi connectivity index (χ0) is 22.5. The maximum absolute atomic E-state index is 13.1. The van der Waals surface area contributed by atoms with Crippen molar-refractivity contribution in [2.45, 2.75) is 33.4 Å². The lowest BCUT2D eigenvalue weighted by atomic mass is 10.1. The lowest BCUT2D eigenvalue weighted by Crippen LogP contribution is -3.08. The molecule has 0 aliphatic rings. The standard InChI is InChI=1S/C26H31N3O2/c1-18-15-24(20(3)29(18)19(2)22-9-7-6-8-10-22)25(30)17-28(5)16-21-11-13-23(14-12-21)26(31)27-4/h6-15,19H,16-17H2,1-5H3,(H,27,31)/p+1/t19-/m0/s1. The fourth-order valence-electron chi connectivity index (χ4n) is 4.23. The van der Waals surface area contributed by atoms with Crippen LogP contribution in [0.15, 0.2) is 60.7 Å². The molecular weight excluding hydrogens is 386 g/mol. The molecule has 5 heteroatoms. The van der Waals surface area contributed by atoms with Gasteiger partial charge < -0.3 is 14.8 Å². The summed E-state index contributed by atoms with van der Waals surface area (Å²) in [4.78, 5) is 25.9. The van der Waals surface area contributed by atoms with E-state index in [1.54, 1.807) is 7.05 Å². The van der Waals surface area contributed by atoms with Crippen LogP contribution in [0.25, 0.3) is 0 Å². The quantitative estimate of drug-likeness (QED) is 0.553. The van der Waals surface area contributed by atoms with Crippen molar-refractivity contribution in [3.8, 4) is 0 Å². The normalized spacial score (nSPS) is 12.9. The average Bonchev–Trinajstić information content (AvgIpc) is 3.07. The Kier molecular flexibility index (Phi) is 7.08. The molecule has 3 rings (SSSR count). The first kappa shape index (κ1) is 22.5. The number of hydrogen-bond acceptors (Lipinski definition) is 2. The molecule has 0 saturated heterocycles. The van der Waals surface area contributed by atoms with Crippen LogP contribution in [0, 0.1) is 13.8 Å². The summed E-state index contributed by atoms with van der Waals surface area (Å²) >= 11 is 0. The number of aromatic nitrogens is 1. The molecule has 1 amide bonds. The molecule has 0 aliphatic carbocycles. The van der Waals surface area contributed by atoms with E-state index in [1.165, 1.54) is 5.56 Å². The van der Waals surface area contributed by atoms with Gasteiger partial charge in [0.25, 0.3) is 5.91 Å². The fraction of sp³-hybridized carbons (Fsp3) is 0.308. The van der Waals surface area contributed by atoms with Crippen molar-refractivity contribution in [3.05, 3.63) is 94.3 Å². The van der Waals surface area contributed by atoms with Crippen LogP contribution in [-0.2, 0) is 6.54 Å². The van der Waals surface area contributed by atoms with Crippen molar-refractivity contribution in [1.82, 2.24) is 9.88 Å². The maximum Gasteiger partial charge on any atom is 0.251 e. The summed E-state index contributed by atoms with van der Waals surface area (Å²) in [5.74, 6) is 0.0570. The highest BCUT2D eigenvalue weighted by Gasteiger charge is 2.22. The number of rotatable bonds is 8. The van der Waals surface area contributed by atoms with E-state index in [2.05, 4.69) is 35.9 Å². The Labute approximate surface area is 184 Å². The molecule has 162 valence electrons. The second kappa shape index (κ2) is 9.75. The van der Waals surface area contributed by atoms with E-state index in [9.17, 15) is 9.59 Å². The number of likely N-dealkylation sites (N-methyl/N-ethyl adjacent to an activating group) is 1. The summed E-state index contributed by atoms with van der Waals surface area (Å²) in [6.45, 7) is 7.41. The molecule has 3 aromatic rings. The molecule has 0 aliphatic heterocycles. The van der Waals surface area contributed by atoms with Crippen LogP contribution in [-0.4, -0.2) is 36.9 Å². The third-order valence-electron chi connectivity index (χ3n) is 5.87. The molecule has 5 nitrogen and oxygen atoms in total. The number of benzene rings is 2. The predicted octanol–water partition coefficient (Wildman–Crippen LogP) is 2.97. The summed E-state index contributed by atoms with van der Waals surface area (Å²) in [6, 6.07) is 20.1. The number of nitrogens with zero attached hydrogens (tertiary/aromatic N) is 1. The van der Waals surface area contributed by atoms with Gasteiger partial charge in [0.1, 0.15) is 13.1 Å². The van der Waals surface area contributed by atoms with Crippen LogP contribution in [0.5, 0.6) is 0 Å². The number of ketones is 1. The van der Waals surface area contributed by atoms with E-state index in [-0.39, 0.29) is 17.7 Å². The second-order valence-electron chi connectivity index (χ2n) is 8.25. The molecule has 2 atom stereocenters. The monoisotopic (exact) mass is 418 g/mol. The Balaban J connectivity index is 1.70. The molecule has 1 heterocycles. The summed E-state index contributed by atoms with van der Waals surface area (Å²) in [5.41, 5.74) is 5.88. The number of nitrogens with one attached hydrogen (secondary N) is 2.